The highest BCUT2D eigenvalue weighted by atomic mass is 19.1. The summed E-state index contributed by atoms with van der Waals surface area (Å²) in [7, 11) is 1.49. The first-order valence-corrected chi connectivity index (χ1v) is 5.16. The third-order valence-corrected chi connectivity index (χ3v) is 2.04. The number of hydrogen-bond donors (Lipinski definition) is 1. The lowest BCUT2D eigenvalue weighted by atomic mass is 10.1. The summed E-state index contributed by atoms with van der Waals surface area (Å²) in [6.07, 6.45) is 0.372. The summed E-state index contributed by atoms with van der Waals surface area (Å²) in [6.45, 7) is 3.86. The van der Waals surface area contributed by atoms with E-state index in [9.17, 15) is 9.18 Å². The quantitative estimate of drug-likeness (QED) is 0.855. The first-order valence-electron chi connectivity index (χ1n) is 5.16. The zero-order valence-corrected chi connectivity index (χ0v) is 9.71. The molecule has 16 heavy (non-hydrogen) atoms. The Hall–Kier alpha value is -1.58. The van der Waals surface area contributed by atoms with E-state index in [-0.39, 0.29) is 17.5 Å². The van der Waals surface area contributed by atoms with Crippen LogP contribution >= 0.6 is 0 Å². The number of hydrogen-bond acceptors (Lipinski definition) is 2. The lowest BCUT2D eigenvalue weighted by molar-refractivity contribution is -0.116. The van der Waals surface area contributed by atoms with Crippen molar-refractivity contribution in [1.82, 2.24) is 0 Å². The predicted octanol–water partition coefficient (Wildman–Crippen LogP) is 2.82. The van der Waals surface area contributed by atoms with E-state index in [0.29, 0.717) is 12.2 Å². The van der Waals surface area contributed by atoms with Gasteiger partial charge in [-0.25, -0.2) is 4.39 Å². The van der Waals surface area contributed by atoms with Gasteiger partial charge in [0, 0.05) is 12.5 Å². The average Bonchev–Trinajstić information content (AvgIpc) is 2.20. The van der Waals surface area contributed by atoms with Crippen LogP contribution in [0.15, 0.2) is 18.2 Å². The highest BCUT2D eigenvalue weighted by molar-refractivity contribution is 5.91. The van der Waals surface area contributed by atoms with Crippen molar-refractivity contribution in [2.45, 2.75) is 20.3 Å². The van der Waals surface area contributed by atoms with Gasteiger partial charge in [0.05, 0.1) is 12.8 Å². The molecule has 1 N–H and O–H groups in total. The first kappa shape index (κ1) is 12.5. The Kier molecular flexibility index (Phi) is 4.28. The van der Waals surface area contributed by atoms with Crippen LogP contribution in [0.5, 0.6) is 5.75 Å². The largest absolute Gasteiger partial charge is 0.497 e. The van der Waals surface area contributed by atoms with Crippen LogP contribution in [0.4, 0.5) is 10.1 Å². The molecule has 0 spiro atoms. The molecule has 0 saturated carbocycles. The molecule has 0 heterocycles. The molecule has 4 heteroatoms. The molecule has 0 aliphatic heterocycles. The molecule has 0 aromatic heterocycles. The van der Waals surface area contributed by atoms with Crippen molar-refractivity contribution in [3.8, 4) is 5.75 Å². The highest BCUT2D eigenvalue weighted by Crippen LogP contribution is 2.21. The van der Waals surface area contributed by atoms with Crippen LogP contribution in [-0.4, -0.2) is 13.0 Å². The molecular weight excluding hydrogens is 209 g/mol. The second-order valence-electron chi connectivity index (χ2n) is 3.99. The summed E-state index contributed by atoms with van der Waals surface area (Å²) >= 11 is 0. The van der Waals surface area contributed by atoms with E-state index in [0.717, 1.165) is 0 Å². The monoisotopic (exact) mass is 225 g/mol. The number of rotatable bonds is 4. The summed E-state index contributed by atoms with van der Waals surface area (Å²) in [5.74, 6) is 0.106. The van der Waals surface area contributed by atoms with E-state index in [1.165, 1.54) is 25.3 Å². The fraction of sp³-hybridized carbons (Fsp3) is 0.417. The maximum atomic E-state index is 13.3. The van der Waals surface area contributed by atoms with Crippen molar-refractivity contribution in [1.29, 1.82) is 0 Å². The van der Waals surface area contributed by atoms with Gasteiger partial charge in [-0.1, -0.05) is 13.8 Å². The Morgan fingerprint density at radius 1 is 1.50 bits per heavy atom. The number of anilines is 1. The topological polar surface area (TPSA) is 38.3 Å². The Morgan fingerprint density at radius 2 is 2.19 bits per heavy atom. The minimum Gasteiger partial charge on any atom is -0.497 e. The smallest absolute Gasteiger partial charge is 0.224 e. The van der Waals surface area contributed by atoms with E-state index < -0.39 is 5.82 Å². The number of amides is 1. The molecule has 3 nitrogen and oxygen atoms in total. The van der Waals surface area contributed by atoms with Gasteiger partial charge in [0.25, 0.3) is 0 Å². The molecule has 0 radical (unpaired) electrons. The van der Waals surface area contributed by atoms with Crippen molar-refractivity contribution in [3.63, 3.8) is 0 Å². The summed E-state index contributed by atoms with van der Waals surface area (Å²) in [5.41, 5.74) is 0.157. The molecule has 0 unspecified atom stereocenters. The van der Waals surface area contributed by atoms with Gasteiger partial charge in [0.1, 0.15) is 11.6 Å². The highest BCUT2D eigenvalue weighted by Gasteiger charge is 2.09. The van der Waals surface area contributed by atoms with E-state index in [4.69, 9.17) is 4.74 Å². The second-order valence-corrected chi connectivity index (χ2v) is 3.99. The molecule has 1 rings (SSSR count). The fourth-order valence-electron chi connectivity index (χ4n) is 1.30. The Morgan fingerprint density at radius 3 is 2.75 bits per heavy atom. The van der Waals surface area contributed by atoms with Crippen LogP contribution in [0.3, 0.4) is 0 Å². The number of benzene rings is 1. The Bertz CT molecular complexity index is 377. The molecule has 88 valence electrons. The van der Waals surface area contributed by atoms with Gasteiger partial charge in [-0.05, 0) is 18.1 Å². The van der Waals surface area contributed by atoms with Gasteiger partial charge in [0.2, 0.25) is 5.91 Å². The molecular formula is C12H16FNO2. The fourth-order valence-corrected chi connectivity index (χ4v) is 1.30. The van der Waals surface area contributed by atoms with E-state index >= 15 is 0 Å². The van der Waals surface area contributed by atoms with E-state index in [1.807, 2.05) is 13.8 Å². The maximum Gasteiger partial charge on any atom is 0.224 e. The van der Waals surface area contributed by atoms with Crippen molar-refractivity contribution >= 4 is 11.6 Å². The van der Waals surface area contributed by atoms with Crippen molar-refractivity contribution < 1.29 is 13.9 Å². The number of nitrogens with one attached hydrogen (secondary N) is 1. The van der Waals surface area contributed by atoms with Crippen LogP contribution in [0, 0.1) is 11.7 Å². The molecule has 0 aliphatic rings. The van der Waals surface area contributed by atoms with Crippen LogP contribution in [0.2, 0.25) is 0 Å². The Labute approximate surface area is 94.6 Å². The van der Waals surface area contributed by atoms with Crippen LogP contribution in [0.1, 0.15) is 20.3 Å². The van der Waals surface area contributed by atoms with E-state index in [1.54, 1.807) is 0 Å². The standard InChI is InChI=1S/C12H16FNO2/c1-8(2)6-12(15)14-11-7-9(16-3)4-5-10(11)13/h4-5,7-8H,6H2,1-3H3,(H,14,15). The van der Waals surface area contributed by atoms with Crippen LogP contribution < -0.4 is 10.1 Å². The van der Waals surface area contributed by atoms with Crippen molar-refractivity contribution in [3.05, 3.63) is 24.0 Å². The second kappa shape index (κ2) is 5.49. The molecule has 1 aromatic rings. The SMILES string of the molecule is COc1ccc(F)c(NC(=O)CC(C)C)c1. The number of halogens is 1. The number of carbonyl (C=O) groups excluding carboxylic acids is 1. The van der Waals surface area contributed by atoms with Gasteiger partial charge in [-0.2, -0.15) is 0 Å². The normalized spacial score (nSPS) is 10.3. The third kappa shape index (κ3) is 3.53. The van der Waals surface area contributed by atoms with Crippen molar-refractivity contribution in [2.24, 2.45) is 5.92 Å². The number of ether oxygens (including phenoxy) is 1. The summed E-state index contributed by atoms with van der Waals surface area (Å²) in [4.78, 5) is 11.5. The molecule has 1 aromatic carbocycles. The van der Waals surface area contributed by atoms with Gasteiger partial charge in [-0.15, -0.1) is 0 Å². The molecule has 0 aliphatic carbocycles. The van der Waals surface area contributed by atoms with Crippen LogP contribution in [-0.2, 0) is 4.79 Å². The lowest BCUT2D eigenvalue weighted by Crippen LogP contribution is -2.14. The summed E-state index contributed by atoms with van der Waals surface area (Å²) in [5, 5.41) is 2.52. The minimum atomic E-state index is -0.460. The molecule has 0 saturated heterocycles. The molecule has 0 atom stereocenters. The van der Waals surface area contributed by atoms with Gasteiger partial charge in [-0.3, -0.25) is 4.79 Å². The number of methoxy groups -OCH3 is 1. The first-order chi connectivity index (χ1) is 7.52. The Balaban J connectivity index is 2.75. The van der Waals surface area contributed by atoms with Crippen molar-refractivity contribution in [2.75, 3.05) is 12.4 Å². The van der Waals surface area contributed by atoms with Gasteiger partial charge < -0.3 is 10.1 Å². The predicted molar refractivity (Wildman–Crippen MR) is 61.0 cm³/mol. The summed E-state index contributed by atoms with van der Waals surface area (Å²) in [6, 6.07) is 4.24. The molecule has 0 fully saturated rings. The third-order valence-electron chi connectivity index (χ3n) is 2.04. The van der Waals surface area contributed by atoms with E-state index in [2.05, 4.69) is 5.32 Å². The zero-order chi connectivity index (χ0) is 12.1. The lowest BCUT2D eigenvalue weighted by Gasteiger charge is -2.09. The molecule has 1 amide bonds. The molecule has 0 bridgehead atoms. The zero-order valence-electron chi connectivity index (χ0n) is 9.71. The van der Waals surface area contributed by atoms with Gasteiger partial charge in [0.15, 0.2) is 0 Å². The van der Waals surface area contributed by atoms with Gasteiger partial charge >= 0.3 is 0 Å². The van der Waals surface area contributed by atoms with Crippen LogP contribution in [0.25, 0.3) is 0 Å². The summed E-state index contributed by atoms with van der Waals surface area (Å²) < 4.78 is 18.3. The minimum absolute atomic E-state index is 0.157. The number of carbonyl (C=O) groups is 1. The maximum absolute atomic E-state index is 13.3. The average molecular weight is 225 g/mol.